The molecule has 0 atom stereocenters. The average Bonchev–Trinajstić information content (AvgIpc) is 2.57. The van der Waals surface area contributed by atoms with E-state index in [1.54, 1.807) is 0 Å². The second-order valence-corrected chi connectivity index (χ2v) is 5.40. The monoisotopic (exact) mass is 304 g/mol. The first kappa shape index (κ1) is 18.5. The Kier molecular flexibility index (Phi) is 10.1. The molecule has 0 aromatic heterocycles. The number of aliphatic imine (C=N–C) groups is 1. The van der Waals surface area contributed by atoms with Crippen LogP contribution in [-0.2, 0) is 6.42 Å². The highest BCUT2D eigenvalue weighted by Gasteiger charge is 2.00. The van der Waals surface area contributed by atoms with Crippen molar-refractivity contribution in [1.82, 2.24) is 15.5 Å². The number of nitrogens with one attached hydrogen (secondary N) is 2. The van der Waals surface area contributed by atoms with E-state index < -0.39 is 0 Å². The third kappa shape index (κ3) is 8.03. The van der Waals surface area contributed by atoms with Crippen molar-refractivity contribution in [3.05, 3.63) is 35.9 Å². The van der Waals surface area contributed by atoms with Gasteiger partial charge in [0.15, 0.2) is 5.96 Å². The van der Waals surface area contributed by atoms with Crippen LogP contribution in [0.3, 0.4) is 0 Å². The van der Waals surface area contributed by atoms with Crippen molar-refractivity contribution < 1.29 is 0 Å². The Morgan fingerprint density at radius 3 is 2.32 bits per heavy atom. The third-order valence-corrected chi connectivity index (χ3v) is 3.86. The lowest BCUT2D eigenvalue weighted by molar-refractivity contribution is 0.297. The van der Waals surface area contributed by atoms with E-state index >= 15 is 0 Å². The van der Waals surface area contributed by atoms with Crippen molar-refractivity contribution >= 4 is 5.96 Å². The minimum absolute atomic E-state index is 0.902. The molecule has 0 aliphatic rings. The molecule has 2 N–H and O–H groups in total. The zero-order valence-electron chi connectivity index (χ0n) is 14.4. The van der Waals surface area contributed by atoms with E-state index in [2.05, 4.69) is 64.7 Å². The summed E-state index contributed by atoms with van der Waals surface area (Å²) >= 11 is 0. The molecule has 0 aliphatic heterocycles. The van der Waals surface area contributed by atoms with E-state index in [1.165, 1.54) is 24.9 Å². The number of unbranched alkanes of at least 4 members (excludes halogenated alkanes) is 1. The van der Waals surface area contributed by atoms with Gasteiger partial charge in [0.05, 0.1) is 0 Å². The predicted molar refractivity (Wildman–Crippen MR) is 96.5 cm³/mol. The molecule has 1 aromatic rings. The Hall–Kier alpha value is -1.55. The molecule has 1 rings (SSSR count). The molecule has 0 saturated heterocycles. The number of rotatable bonds is 10. The number of benzene rings is 1. The molecule has 0 aliphatic carbocycles. The van der Waals surface area contributed by atoms with Gasteiger partial charge in [-0.2, -0.15) is 0 Å². The van der Waals surface area contributed by atoms with Crippen LogP contribution in [0.25, 0.3) is 0 Å². The van der Waals surface area contributed by atoms with Crippen molar-refractivity contribution in [2.24, 2.45) is 4.99 Å². The zero-order valence-corrected chi connectivity index (χ0v) is 14.4. The van der Waals surface area contributed by atoms with E-state index in [0.29, 0.717) is 0 Å². The first-order valence-electron chi connectivity index (χ1n) is 8.51. The number of nitrogens with zero attached hydrogens (tertiary/aromatic N) is 2. The van der Waals surface area contributed by atoms with E-state index in [9.17, 15) is 0 Å². The molecule has 0 unspecified atom stereocenters. The van der Waals surface area contributed by atoms with Crippen LogP contribution in [0.2, 0.25) is 0 Å². The lowest BCUT2D eigenvalue weighted by atomic mass is 10.1. The second kappa shape index (κ2) is 12.0. The Morgan fingerprint density at radius 2 is 1.68 bits per heavy atom. The maximum absolute atomic E-state index is 4.27. The Labute approximate surface area is 136 Å². The van der Waals surface area contributed by atoms with Gasteiger partial charge in [0.1, 0.15) is 0 Å². The molecule has 0 spiro atoms. The Balaban J connectivity index is 2.10. The molecule has 0 heterocycles. The molecular formula is C18H32N4. The molecule has 0 radical (unpaired) electrons. The molecular weight excluding hydrogens is 272 g/mol. The zero-order chi connectivity index (χ0) is 16.0. The van der Waals surface area contributed by atoms with Crippen LogP contribution in [0.1, 0.15) is 32.3 Å². The summed E-state index contributed by atoms with van der Waals surface area (Å²) in [6.07, 6.45) is 3.43. The summed E-state index contributed by atoms with van der Waals surface area (Å²) in [5.41, 5.74) is 1.35. The normalized spacial score (nSPS) is 11.7. The molecule has 0 bridgehead atoms. The van der Waals surface area contributed by atoms with Gasteiger partial charge in [-0.05, 0) is 44.5 Å². The van der Waals surface area contributed by atoms with E-state index in [0.717, 1.165) is 38.6 Å². The van der Waals surface area contributed by atoms with Gasteiger partial charge in [0.2, 0.25) is 0 Å². The van der Waals surface area contributed by atoms with Crippen molar-refractivity contribution in [3.8, 4) is 0 Å². The molecule has 4 nitrogen and oxygen atoms in total. The van der Waals surface area contributed by atoms with Crippen LogP contribution in [0.15, 0.2) is 35.3 Å². The standard InChI is InChI=1S/C18H32N4/c1-4-22(5-2)16-10-9-14-20-18(19-3)21-15-13-17-11-7-6-8-12-17/h6-8,11-12H,4-5,9-10,13-16H2,1-3H3,(H2,19,20,21). The van der Waals surface area contributed by atoms with Crippen molar-refractivity contribution in [1.29, 1.82) is 0 Å². The maximum atomic E-state index is 4.27. The quantitative estimate of drug-likeness (QED) is 0.396. The highest BCUT2D eigenvalue weighted by atomic mass is 15.2. The summed E-state index contributed by atoms with van der Waals surface area (Å²) in [6.45, 7) is 9.81. The van der Waals surface area contributed by atoms with Crippen LogP contribution in [-0.4, -0.2) is 50.6 Å². The summed E-state index contributed by atoms with van der Waals surface area (Å²) in [5.74, 6) is 0.902. The minimum Gasteiger partial charge on any atom is -0.356 e. The number of hydrogen-bond donors (Lipinski definition) is 2. The largest absolute Gasteiger partial charge is 0.356 e. The SMILES string of the molecule is CCN(CC)CCCCNC(=NC)NCCc1ccccc1. The summed E-state index contributed by atoms with van der Waals surface area (Å²) in [7, 11) is 1.83. The smallest absolute Gasteiger partial charge is 0.190 e. The van der Waals surface area contributed by atoms with Gasteiger partial charge >= 0.3 is 0 Å². The summed E-state index contributed by atoms with van der Waals surface area (Å²) in [4.78, 5) is 6.73. The Bertz CT molecular complexity index is 399. The molecule has 22 heavy (non-hydrogen) atoms. The van der Waals surface area contributed by atoms with Gasteiger partial charge in [0, 0.05) is 20.1 Å². The van der Waals surface area contributed by atoms with E-state index in [1.807, 2.05) is 7.05 Å². The predicted octanol–water partition coefficient (Wildman–Crippen LogP) is 2.52. The van der Waals surface area contributed by atoms with Crippen molar-refractivity contribution in [2.75, 3.05) is 39.8 Å². The van der Waals surface area contributed by atoms with Gasteiger partial charge in [-0.25, -0.2) is 0 Å². The summed E-state index contributed by atoms with van der Waals surface area (Å²) in [6, 6.07) is 10.5. The van der Waals surface area contributed by atoms with Gasteiger partial charge in [-0.15, -0.1) is 0 Å². The van der Waals surface area contributed by atoms with Gasteiger partial charge < -0.3 is 15.5 Å². The molecule has 1 aromatic carbocycles. The fraction of sp³-hybridized carbons (Fsp3) is 0.611. The molecule has 0 fully saturated rings. The minimum atomic E-state index is 0.902. The Morgan fingerprint density at radius 1 is 1.00 bits per heavy atom. The van der Waals surface area contributed by atoms with E-state index in [4.69, 9.17) is 0 Å². The van der Waals surface area contributed by atoms with Crippen molar-refractivity contribution in [2.45, 2.75) is 33.1 Å². The summed E-state index contributed by atoms with van der Waals surface area (Å²) in [5, 5.41) is 6.75. The highest BCUT2D eigenvalue weighted by molar-refractivity contribution is 5.79. The van der Waals surface area contributed by atoms with Gasteiger partial charge in [-0.1, -0.05) is 44.2 Å². The molecule has 0 saturated carbocycles. The first-order chi connectivity index (χ1) is 10.8. The first-order valence-corrected chi connectivity index (χ1v) is 8.51. The average molecular weight is 304 g/mol. The topological polar surface area (TPSA) is 39.7 Å². The second-order valence-electron chi connectivity index (χ2n) is 5.40. The molecule has 124 valence electrons. The number of guanidine groups is 1. The van der Waals surface area contributed by atoms with Crippen LogP contribution < -0.4 is 10.6 Å². The summed E-state index contributed by atoms with van der Waals surface area (Å²) < 4.78 is 0. The van der Waals surface area contributed by atoms with Crippen LogP contribution in [0.5, 0.6) is 0 Å². The van der Waals surface area contributed by atoms with Crippen LogP contribution >= 0.6 is 0 Å². The molecule has 0 amide bonds. The highest BCUT2D eigenvalue weighted by Crippen LogP contribution is 1.98. The van der Waals surface area contributed by atoms with Crippen LogP contribution in [0.4, 0.5) is 0 Å². The fourth-order valence-corrected chi connectivity index (χ4v) is 2.40. The van der Waals surface area contributed by atoms with E-state index in [-0.39, 0.29) is 0 Å². The lowest BCUT2D eigenvalue weighted by Crippen LogP contribution is -2.38. The fourth-order valence-electron chi connectivity index (χ4n) is 2.40. The van der Waals surface area contributed by atoms with Crippen molar-refractivity contribution in [3.63, 3.8) is 0 Å². The number of hydrogen-bond acceptors (Lipinski definition) is 2. The molecule has 4 heteroatoms. The van der Waals surface area contributed by atoms with Gasteiger partial charge in [0.25, 0.3) is 0 Å². The van der Waals surface area contributed by atoms with Crippen LogP contribution in [0, 0.1) is 0 Å². The third-order valence-electron chi connectivity index (χ3n) is 3.86. The van der Waals surface area contributed by atoms with Gasteiger partial charge in [-0.3, -0.25) is 4.99 Å². The lowest BCUT2D eigenvalue weighted by Gasteiger charge is -2.18. The maximum Gasteiger partial charge on any atom is 0.190 e.